The van der Waals surface area contributed by atoms with Crippen molar-refractivity contribution >= 4 is 39.1 Å². The molecule has 1 amide bonds. The largest absolute Gasteiger partial charge is 0.483 e. The summed E-state index contributed by atoms with van der Waals surface area (Å²) in [6.45, 7) is 13.1. The van der Waals surface area contributed by atoms with Gasteiger partial charge in [-0.1, -0.05) is 91.7 Å². The number of benzene rings is 3. The van der Waals surface area contributed by atoms with Gasteiger partial charge in [0.05, 0.1) is 0 Å². The Bertz CT molecular complexity index is 1800. The van der Waals surface area contributed by atoms with Crippen LogP contribution in [0.2, 0.25) is 0 Å². The molecule has 6 nitrogen and oxygen atoms in total. The van der Waals surface area contributed by atoms with Crippen LogP contribution in [-0.4, -0.2) is 35.5 Å². The lowest BCUT2D eigenvalue weighted by atomic mass is 9.63. The number of aryl methyl sites for hydroxylation is 2. The van der Waals surface area contributed by atoms with Crippen molar-refractivity contribution in [3.8, 4) is 5.75 Å². The Morgan fingerprint density at radius 3 is 2.08 bits per heavy atom. The zero-order valence-electron chi connectivity index (χ0n) is 28.8. The Morgan fingerprint density at radius 2 is 1.48 bits per heavy atom. The van der Waals surface area contributed by atoms with Gasteiger partial charge in [-0.15, -0.1) is 0 Å². The molecule has 3 aromatic carbocycles. The number of allylic oxidation sites excluding steroid dienone is 4. The van der Waals surface area contributed by atoms with Gasteiger partial charge in [-0.05, 0) is 79.3 Å². The Hall–Kier alpha value is -3.97. The van der Waals surface area contributed by atoms with Crippen molar-refractivity contribution in [1.29, 1.82) is 0 Å². The first-order valence-electron chi connectivity index (χ1n) is 16.8. The van der Waals surface area contributed by atoms with Crippen molar-refractivity contribution in [3.05, 3.63) is 116 Å². The second kappa shape index (κ2) is 13.1. The molecule has 1 aliphatic heterocycles. The molecule has 0 unspecified atom stereocenters. The van der Waals surface area contributed by atoms with Crippen LogP contribution in [0.25, 0.3) is 0 Å². The van der Waals surface area contributed by atoms with E-state index in [-0.39, 0.29) is 34.9 Å². The number of rotatable bonds is 8. The van der Waals surface area contributed by atoms with Crippen LogP contribution < -0.4 is 10.1 Å². The molecule has 1 N–H and O–H groups in total. The Morgan fingerprint density at radius 1 is 0.854 bits per heavy atom. The molecule has 48 heavy (non-hydrogen) atoms. The number of Topliss-reactive ketones (excluding diaryl/α,β-unsaturated/α-hetero) is 2. The number of hydrogen-bond acceptors (Lipinski definition) is 5. The van der Waals surface area contributed by atoms with Crippen molar-refractivity contribution < 1.29 is 19.1 Å². The normalized spacial score (nSPS) is 18.9. The average molecular weight is 710 g/mol. The highest BCUT2D eigenvalue weighted by Gasteiger charge is 2.49. The highest BCUT2D eigenvalue weighted by Crippen LogP contribution is 2.55. The van der Waals surface area contributed by atoms with Crippen LogP contribution in [0.15, 0.2) is 93.7 Å². The molecule has 7 heteroatoms. The molecule has 0 fully saturated rings. The van der Waals surface area contributed by atoms with Crippen LogP contribution in [0, 0.1) is 24.7 Å². The van der Waals surface area contributed by atoms with Gasteiger partial charge in [0.2, 0.25) is 0 Å². The molecule has 3 aliphatic rings. The highest BCUT2D eigenvalue weighted by atomic mass is 79.9. The van der Waals surface area contributed by atoms with Crippen molar-refractivity contribution in [3.63, 3.8) is 0 Å². The van der Waals surface area contributed by atoms with Crippen LogP contribution in [0.1, 0.15) is 81.5 Å². The minimum absolute atomic E-state index is 0.0682. The number of hydrogen-bond donors (Lipinski definition) is 1. The molecule has 1 heterocycles. The van der Waals surface area contributed by atoms with Gasteiger partial charge in [-0.25, -0.2) is 0 Å². The highest BCUT2D eigenvalue weighted by molar-refractivity contribution is 9.10. The summed E-state index contributed by atoms with van der Waals surface area (Å²) in [5.41, 5.74) is 7.75. The maximum absolute atomic E-state index is 14.3. The number of halogens is 1. The quantitative estimate of drug-likeness (QED) is 0.253. The zero-order valence-corrected chi connectivity index (χ0v) is 30.4. The summed E-state index contributed by atoms with van der Waals surface area (Å²) in [6, 6.07) is 21.9. The third-order valence-electron chi connectivity index (χ3n) is 9.79. The number of nitrogens with one attached hydrogen (secondary N) is 1. The summed E-state index contributed by atoms with van der Waals surface area (Å²) in [4.78, 5) is 44.1. The molecule has 3 aromatic rings. The number of nitrogens with zero attached hydrogens (tertiary/aromatic N) is 1. The minimum Gasteiger partial charge on any atom is -0.483 e. The maximum atomic E-state index is 14.3. The molecular formula is C41H45BrN2O4. The summed E-state index contributed by atoms with van der Waals surface area (Å²) in [6.07, 6.45) is 3.06. The van der Waals surface area contributed by atoms with Gasteiger partial charge in [0.25, 0.3) is 5.91 Å². The summed E-state index contributed by atoms with van der Waals surface area (Å²) >= 11 is 3.66. The van der Waals surface area contributed by atoms with E-state index >= 15 is 0 Å². The van der Waals surface area contributed by atoms with Crippen molar-refractivity contribution in [1.82, 2.24) is 4.90 Å². The lowest BCUT2D eigenvalue weighted by Gasteiger charge is -2.49. The predicted molar refractivity (Wildman–Crippen MR) is 194 cm³/mol. The molecule has 0 aromatic heterocycles. The summed E-state index contributed by atoms with van der Waals surface area (Å²) < 4.78 is 7.09. The molecule has 2 aliphatic carbocycles. The van der Waals surface area contributed by atoms with E-state index in [9.17, 15) is 14.4 Å². The van der Waals surface area contributed by atoms with E-state index < -0.39 is 5.92 Å². The molecular weight excluding hydrogens is 664 g/mol. The summed E-state index contributed by atoms with van der Waals surface area (Å²) in [5, 5.41) is 2.97. The maximum Gasteiger partial charge on any atom is 0.262 e. The van der Waals surface area contributed by atoms with E-state index in [1.54, 1.807) is 0 Å². The van der Waals surface area contributed by atoms with Gasteiger partial charge in [0.1, 0.15) is 5.75 Å². The lowest BCUT2D eigenvalue weighted by molar-refractivity contribution is -0.120. The summed E-state index contributed by atoms with van der Waals surface area (Å²) in [5.74, 6) is -0.231. The number of carbonyl (C=O) groups is 3. The first kappa shape index (κ1) is 33.9. The molecule has 0 radical (unpaired) electrons. The number of amides is 1. The first-order chi connectivity index (χ1) is 22.7. The lowest BCUT2D eigenvalue weighted by Crippen LogP contribution is -2.45. The standard InChI is InChI=1S/C41H45BrN2O4/c1-25-12-14-30(26(2)18-25)43-36(47)24-48-35-15-13-28(42)19-29(35)37-38-31(20-40(3,4)22-33(38)45)44(17-16-27-10-8-7-9-11-27)32-21-41(5,6)23-34(46)39(32)37/h7-15,18-19,37H,16-17,20-24H2,1-6H3,(H,43,47). The average Bonchev–Trinajstić information content (AvgIpc) is 3.00. The number of anilines is 1. The van der Waals surface area contributed by atoms with E-state index in [1.165, 1.54) is 5.56 Å². The Labute approximate surface area is 292 Å². The molecule has 0 saturated carbocycles. The van der Waals surface area contributed by atoms with Crippen LogP contribution in [0.5, 0.6) is 5.75 Å². The monoisotopic (exact) mass is 708 g/mol. The van der Waals surface area contributed by atoms with Gasteiger partial charge >= 0.3 is 0 Å². The van der Waals surface area contributed by atoms with Gasteiger partial charge < -0.3 is 15.0 Å². The van der Waals surface area contributed by atoms with Gasteiger partial charge in [0.15, 0.2) is 18.2 Å². The predicted octanol–water partition coefficient (Wildman–Crippen LogP) is 9.01. The smallest absolute Gasteiger partial charge is 0.262 e. The molecule has 250 valence electrons. The van der Waals surface area contributed by atoms with Crippen LogP contribution >= 0.6 is 15.9 Å². The molecule has 0 atom stereocenters. The van der Waals surface area contributed by atoms with E-state index in [2.05, 4.69) is 78.1 Å². The summed E-state index contributed by atoms with van der Waals surface area (Å²) in [7, 11) is 0. The minimum atomic E-state index is -0.579. The second-order valence-corrected chi connectivity index (χ2v) is 16.2. The number of ether oxygens (including phenoxy) is 1. The SMILES string of the molecule is Cc1ccc(NC(=O)COc2ccc(Br)cc2C2C3=C(CC(C)(C)CC3=O)N(CCc3ccccc3)C3=C2C(=O)CC(C)(C)C3)c(C)c1. The Balaban J connectivity index is 1.43. The van der Waals surface area contributed by atoms with Crippen LogP contribution in [-0.2, 0) is 20.8 Å². The van der Waals surface area contributed by atoms with Gasteiger partial charge in [0, 0.05) is 63.6 Å². The van der Waals surface area contributed by atoms with E-state index in [0.29, 0.717) is 36.3 Å². The van der Waals surface area contributed by atoms with Crippen molar-refractivity contribution in [2.24, 2.45) is 10.8 Å². The molecule has 6 rings (SSSR count). The molecule has 0 saturated heterocycles. The number of ketones is 2. The fourth-order valence-electron chi connectivity index (χ4n) is 7.67. The van der Waals surface area contributed by atoms with E-state index in [0.717, 1.165) is 57.5 Å². The Kier molecular flexibility index (Phi) is 9.29. The number of carbonyl (C=O) groups excluding carboxylic acids is 3. The van der Waals surface area contributed by atoms with Gasteiger partial charge in [-0.2, -0.15) is 0 Å². The molecule has 0 bridgehead atoms. The third kappa shape index (κ3) is 7.07. The first-order valence-corrected chi connectivity index (χ1v) is 17.6. The molecule has 0 spiro atoms. The van der Waals surface area contributed by atoms with Crippen LogP contribution in [0.4, 0.5) is 5.69 Å². The zero-order chi connectivity index (χ0) is 34.4. The third-order valence-corrected chi connectivity index (χ3v) is 10.3. The van der Waals surface area contributed by atoms with E-state index in [1.807, 2.05) is 56.3 Å². The fourth-order valence-corrected chi connectivity index (χ4v) is 8.05. The van der Waals surface area contributed by atoms with E-state index in [4.69, 9.17) is 4.74 Å². The van der Waals surface area contributed by atoms with Crippen molar-refractivity contribution in [2.45, 2.75) is 79.6 Å². The van der Waals surface area contributed by atoms with Gasteiger partial charge in [-0.3, -0.25) is 14.4 Å². The fraction of sp³-hybridized carbons (Fsp3) is 0.390. The van der Waals surface area contributed by atoms with Crippen LogP contribution in [0.3, 0.4) is 0 Å². The van der Waals surface area contributed by atoms with Crippen molar-refractivity contribution in [2.75, 3.05) is 18.5 Å². The second-order valence-electron chi connectivity index (χ2n) is 15.3. The topological polar surface area (TPSA) is 75.7 Å².